The fourth-order valence-corrected chi connectivity index (χ4v) is 2.94. The molecule has 9 nitrogen and oxygen atoms in total. The molecule has 0 N–H and O–H groups in total. The van der Waals surface area contributed by atoms with Crippen molar-refractivity contribution in [2.45, 2.75) is 32.8 Å². The molecule has 0 atom stereocenters. The molecule has 0 unspecified atom stereocenters. The molecule has 164 valence electrons. The Bertz CT molecular complexity index is 797. The van der Waals surface area contributed by atoms with Gasteiger partial charge in [0.1, 0.15) is 11.4 Å². The maximum Gasteiger partial charge on any atom is 0.410 e. The first-order valence-corrected chi connectivity index (χ1v) is 9.57. The van der Waals surface area contributed by atoms with Gasteiger partial charge in [0.15, 0.2) is 0 Å². The van der Waals surface area contributed by atoms with Crippen molar-refractivity contribution in [2.75, 3.05) is 49.8 Å². The van der Waals surface area contributed by atoms with Crippen LogP contribution in [0.25, 0.3) is 0 Å². The van der Waals surface area contributed by atoms with Crippen molar-refractivity contribution in [1.29, 1.82) is 5.26 Å². The molecule has 10 heteroatoms. The Balaban J connectivity index is 2.02. The molecule has 1 aliphatic rings. The standard InChI is InChI=1S/C20H27FN4O5/c1-20(2,3)30-19(27)24-11-9-23(10-12-24)17-6-5-15(13-16(17)21)25(29-14-22)8-7-18(26)28-4/h5-6,13H,7-12H2,1-4H3. The number of halogens is 1. The van der Waals surface area contributed by atoms with E-state index in [4.69, 9.17) is 14.8 Å². The van der Waals surface area contributed by atoms with Crippen molar-refractivity contribution in [1.82, 2.24) is 4.90 Å². The van der Waals surface area contributed by atoms with Crippen LogP contribution in [0.15, 0.2) is 18.2 Å². The normalized spacial score (nSPS) is 14.0. The lowest BCUT2D eigenvalue weighted by molar-refractivity contribution is -0.140. The Morgan fingerprint density at radius 3 is 2.43 bits per heavy atom. The van der Waals surface area contributed by atoms with Gasteiger partial charge in [-0.2, -0.15) is 5.06 Å². The van der Waals surface area contributed by atoms with E-state index in [1.54, 1.807) is 17.0 Å². The number of amides is 1. The molecule has 2 rings (SSSR count). The Hall–Kier alpha value is -3.22. The summed E-state index contributed by atoms with van der Waals surface area (Å²) >= 11 is 0. The van der Waals surface area contributed by atoms with Gasteiger partial charge in [0.25, 0.3) is 0 Å². The lowest BCUT2D eigenvalue weighted by atomic mass is 10.2. The largest absolute Gasteiger partial charge is 0.469 e. The van der Waals surface area contributed by atoms with Gasteiger partial charge >= 0.3 is 18.3 Å². The average Bonchev–Trinajstić information content (AvgIpc) is 2.69. The van der Waals surface area contributed by atoms with E-state index >= 15 is 0 Å². The summed E-state index contributed by atoms with van der Waals surface area (Å²) in [5.74, 6) is -0.968. The van der Waals surface area contributed by atoms with E-state index < -0.39 is 17.4 Å². The van der Waals surface area contributed by atoms with Crippen molar-refractivity contribution >= 4 is 23.4 Å². The Labute approximate surface area is 175 Å². The number of nitrogens with zero attached hydrogens (tertiary/aromatic N) is 4. The number of ether oxygens (including phenoxy) is 2. The van der Waals surface area contributed by atoms with Gasteiger partial charge in [0.05, 0.1) is 31.5 Å². The van der Waals surface area contributed by atoms with Gasteiger partial charge in [-0.15, -0.1) is 5.26 Å². The number of anilines is 2. The molecule has 30 heavy (non-hydrogen) atoms. The fourth-order valence-electron chi connectivity index (χ4n) is 2.94. The summed E-state index contributed by atoms with van der Waals surface area (Å²) in [6.07, 6.45) is 1.13. The van der Waals surface area contributed by atoms with Crippen LogP contribution in [0.5, 0.6) is 0 Å². The molecule has 1 aliphatic heterocycles. The van der Waals surface area contributed by atoms with Crippen molar-refractivity contribution in [3.8, 4) is 6.26 Å². The van der Waals surface area contributed by atoms with Gasteiger partial charge in [-0.25, -0.2) is 9.18 Å². The number of nitriles is 1. The first-order valence-electron chi connectivity index (χ1n) is 9.57. The number of rotatable bonds is 6. The van der Waals surface area contributed by atoms with Crippen LogP contribution in [0.4, 0.5) is 20.6 Å². The third-order valence-corrected chi connectivity index (χ3v) is 4.39. The summed E-state index contributed by atoms with van der Waals surface area (Å²) in [7, 11) is 1.26. The summed E-state index contributed by atoms with van der Waals surface area (Å²) in [5, 5.41) is 9.94. The van der Waals surface area contributed by atoms with Crippen molar-refractivity contribution in [2.24, 2.45) is 0 Å². The van der Waals surface area contributed by atoms with E-state index in [1.165, 1.54) is 19.4 Å². The highest BCUT2D eigenvalue weighted by Crippen LogP contribution is 2.26. The minimum absolute atomic E-state index is 0.0197. The molecule has 1 aromatic carbocycles. The zero-order valence-electron chi connectivity index (χ0n) is 17.7. The fraction of sp³-hybridized carbons (Fsp3) is 0.550. The molecule has 0 radical (unpaired) electrons. The highest BCUT2D eigenvalue weighted by molar-refractivity contribution is 5.70. The molecule has 1 heterocycles. The smallest absolute Gasteiger partial charge is 0.410 e. The van der Waals surface area contributed by atoms with Gasteiger partial charge in [0, 0.05) is 32.2 Å². The summed E-state index contributed by atoms with van der Waals surface area (Å²) in [4.78, 5) is 31.8. The van der Waals surface area contributed by atoms with Crippen LogP contribution in [0, 0.1) is 17.3 Å². The summed E-state index contributed by atoms with van der Waals surface area (Å²) in [6, 6.07) is 4.43. The van der Waals surface area contributed by atoms with Crippen LogP contribution in [0.2, 0.25) is 0 Å². The maximum absolute atomic E-state index is 14.8. The minimum Gasteiger partial charge on any atom is -0.469 e. The second kappa shape index (κ2) is 10.0. The van der Waals surface area contributed by atoms with E-state index in [1.807, 2.05) is 25.7 Å². The molecule has 0 spiro atoms. The second-order valence-electron chi connectivity index (χ2n) is 7.70. The SMILES string of the molecule is COC(=O)CCN(OC#N)c1ccc(N2CCN(C(=O)OC(C)(C)C)CC2)c(F)c1. The predicted molar refractivity (Wildman–Crippen MR) is 107 cm³/mol. The molecule has 0 aromatic heterocycles. The molecule has 0 aliphatic carbocycles. The third kappa shape index (κ3) is 6.40. The Morgan fingerprint density at radius 1 is 1.23 bits per heavy atom. The van der Waals surface area contributed by atoms with Gasteiger partial charge < -0.3 is 19.3 Å². The second-order valence-corrected chi connectivity index (χ2v) is 7.70. The summed E-state index contributed by atoms with van der Waals surface area (Å²) in [5.41, 5.74) is 0.114. The highest BCUT2D eigenvalue weighted by atomic mass is 19.1. The number of piperazine rings is 1. The third-order valence-electron chi connectivity index (χ3n) is 4.39. The quantitative estimate of drug-likeness (QED) is 0.392. The van der Waals surface area contributed by atoms with Crippen LogP contribution in [0.1, 0.15) is 27.2 Å². The van der Waals surface area contributed by atoms with Gasteiger partial charge in [-0.3, -0.25) is 9.63 Å². The van der Waals surface area contributed by atoms with Crippen molar-refractivity contribution in [3.05, 3.63) is 24.0 Å². The van der Waals surface area contributed by atoms with Crippen molar-refractivity contribution < 1.29 is 28.3 Å². The molecule has 1 aromatic rings. The lowest BCUT2D eigenvalue weighted by Gasteiger charge is -2.37. The number of carbonyl (C=O) groups excluding carboxylic acids is 2. The molecule has 0 saturated carbocycles. The van der Waals surface area contributed by atoms with Crippen LogP contribution >= 0.6 is 0 Å². The molecule has 0 bridgehead atoms. The van der Waals surface area contributed by atoms with E-state index in [0.29, 0.717) is 37.6 Å². The predicted octanol–water partition coefficient (Wildman–Crippen LogP) is 2.66. The van der Waals surface area contributed by atoms with Crippen LogP contribution in [-0.4, -0.2) is 62.4 Å². The zero-order chi connectivity index (χ0) is 22.3. The molecule has 1 fully saturated rings. The number of hydrogen-bond acceptors (Lipinski definition) is 8. The van der Waals surface area contributed by atoms with Gasteiger partial charge in [0.2, 0.25) is 0 Å². The van der Waals surface area contributed by atoms with Gasteiger partial charge in [-0.05, 0) is 32.9 Å². The first kappa shape index (κ1) is 23.1. The zero-order valence-corrected chi connectivity index (χ0v) is 17.7. The van der Waals surface area contributed by atoms with Gasteiger partial charge in [-0.1, -0.05) is 0 Å². The van der Waals surface area contributed by atoms with E-state index in [0.717, 1.165) is 5.06 Å². The average molecular weight is 422 g/mol. The van der Waals surface area contributed by atoms with Crippen molar-refractivity contribution in [3.63, 3.8) is 0 Å². The summed E-state index contributed by atoms with van der Waals surface area (Å²) < 4.78 is 24.7. The van der Waals surface area contributed by atoms with Crippen LogP contribution < -0.4 is 9.96 Å². The van der Waals surface area contributed by atoms with E-state index in [9.17, 15) is 14.0 Å². The number of hydrogen-bond donors (Lipinski definition) is 0. The first-order chi connectivity index (χ1) is 14.1. The lowest BCUT2D eigenvalue weighted by Crippen LogP contribution is -2.50. The maximum atomic E-state index is 14.8. The van der Waals surface area contributed by atoms with Crippen LogP contribution in [-0.2, 0) is 19.1 Å². The molecule has 1 saturated heterocycles. The Kier molecular flexibility index (Phi) is 7.69. The minimum atomic E-state index is -0.568. The number of esters is 1. The number of hydroxylamine groups is 1. The Morgan fingerprint density at radius 2 is 1.90 bits per heavy atom. The number of methoxy groups -OCH3 is 1. The van der Waals surface area contributed by atoms with E-state index in [2.05, 4.69) is 4.74 Å². The molecular formula is C20H27FN4O5. The molecule has 1 amide bonds. The summed E-state index contributed by atoms with van der Waals surface area (Å²) in [6.45, 7) is 7.20. The monoisotopic (exact) mass is 422 g/mol. The van der Waals surface area contributed by atoms with Crippen LogP contribution in [0.3, 0.4) is 0 Å². The molecular weight excluding hydrogens is 395 g/mol. The topological polar surface area (TPSA) is 95.3 Å². The number of benzene rings is 1. The number of carbonyl (C=O) groups is 2. The highest BCUT2D eigenvalue weighted by Gasteiger charge is 2.27. The van der Waals surface area contributed by atoms with E-state index in [-0.39, 0.29) is 19.1 Å².